The lowest BCUT2D eigenvalue weighted by molar-refractivity contribution is 0.409. The van der Waals surface area contributed by atoms with Crippen molar-refractivity contribution in [2.45, 2.75) is 19.4 Å². The molecule has 0 bridgehead atoms. The lowest BCUT2D eigenvalue weighted by atomic mass is 10.00. The maximum Gasteiger partial charge on any atom is 0.213 e. The van der Waals surface area contributed by atoms with E-state index in [0.29, 0.717) is 12.4 Å². The Morgan fingerprint density at radius 1 is 1.41 bits per heavy atom. The van der Waals surface area contributed by atoms with E-state index >= 15 is 0 Å². The second-order valence-electron chi connectivity index (χ2n) is 4.22. The molecule has 5 heteroatoms. The van der Waals surface area contributed by atoms with Crippen molar-refractivity contribution in [2.75, 3.05) is 17.2 Å². The smallest absolute Gasteiger partial charge is 0.213 e. The zero-order valence-corrected chi connectivity index (χ0v) is 9.47. The minimum absolute atomic E-state index is 0.674. The van der Waals surface area contributed by atoms with Crippen LogP contribution in [0.4, 0.5) is 11.4 Å². The minimum Gasteiger partial charge on any atom is -0.398 e. The number of benzene rings is 1. The molecule has 0 spiro atoms. The van der Waals surface area contributed by atoms with Gasteiger partial charge in [0.2, 0.25) is 6.39 Å². The number of hydrogen-bond donors (Lipinski definition) is 1. The number of aromatic nitrogens is 2. The molecule has 0 amide bonds. The van der Waals surface area contributed by atoms with Crippen LogP contribution in [-0.2, 0) is 13.0 Å². The summed E-state index contributed by atoms with van der Waals surface area (Å²) in [7, 11) is 0. The summed E-state index contributed by atoms with van der Waals surface area (Å²) in [4.78, 5) is 6.31. The summed E-state index contributed by atoms with van der Waals surface area (Å²) in [6.07, 6.45) is 3.52. The predicted molar refractivity (Wildman–Crippen MR) is 64.5 cm³/mol. The number of hydrogen-bond acceptors (Lipinski definition) is 5. The summed E-state index contributed by atoms with van der Waals surface area (Å²) < 4.78 is 4.76. The van der Waals surface area contributed by atoms with E-state index in [1.165, 1.54) is 17.6 Å². The molecule has 1 aliphatic rings. The van der Waals surface area contributed by atoms with Crippen LogP contribution in [0.2, 0.25) is 0 Å². The monoisotopic (exact) mass is 230 g/mol. The molecule has 0 saturated heterocycles. The van der Waals surface area contributed by atoms with E-state index in [9.17, 15) is 0 Å². The van der Waals surface area contributed by atoms with Gasteiger partial charge < -0.3 is 15.2 Å². The van der Waals surface area contributed by atoms with Gasteiger partial charge in [-0.3, -0.25) is 0 Å². The van der Waals surface area contributed by atoms with Gasteiger partial charge in [-0.05, 0) is 30.5 Å². The molecule has 0 saturated carbocycles. The normalized spacial score (nSPS) is 14.7. The van der Waals surface area contributed by atoms with Crippen LogP contribution in [0.3, 0.4) is 0 Å². The van der Waals surface area contributed by atoms with E-state index in [1.54, 1.807) is 0 Å². The number of nitrogens with zero attached hydrogens (tertiary/aromatic N) is 3. The quantitative estimate of drug-likeness (QED) is 0.794. The van der Waals surface area contributed by atoms with Gasteiger partial charge in [0.1, 0.15) is 0 Å². The van der Waals surface area contributed by atoms with Gasteiger partial charge in [0, 0.05) is 17.9 Å². The fourth-order valence-electron chi connectivity index (χ4n) is 2.32. The van der Waals surface area contributed by atoms with Crippen LogP contribution in [-0.4, -0.2) is 16.7 Å². The molecular weight excluding hydrogens is 216 g/mol. The first-order chi connectivity index (χ1) is 8.34. The van der Waals surface area contributed by atoms with Crippen molar-refractivity contribution in [3.8, 4) is 0 Å². The Balaban J connectivity index is 1.92. The second-order valence-corrected chi connectivity index (χ2v) is 4.22. The van der Waals surface area contributed by atoms with Crippen molar-refractivity contribution in [1.29, 1.82) is 0 Å². The zero-order chi connectivity index (χ0) is 11.7. The molecule has 1 aromatic carbocycles. The molecule has 2 aromatic rings. The van der Waals surface area contributed by atoms with Gasteiger partial charge in [-0.15, -0.1) is 0 Å². The van der Waals surface area contributed by atoms with E-state index < -0.39 is 0 Å². The first kappa shape index (κ1) is 10.1. The number of fused-ring (bicyclic) bond motifs is 1. The van der Waals surface area contributed by atoms with E-state index in [2.05, 4.69) is 21.1 Å². The molecule has 0 radical (unpaired) electrons. The van der Waals surface area contributed by atoms with Gasteiger partial charge in [-0.25, -0.2) is 0 Å². The highest BCUT2D eigenvalue weighted by atomic mass is 16.5. The van der Waals surface area contributed by atoms with E-state index in [-0.39, 0.29) is 0 Å². The third-order valence-electron chi connectivity index (χ3n) is 3.12. The second kappa shape index (κ2) is 4.08. The third kappa shape index (κ3) is 1.84. The van der Waals surface area contributed by atoms with Gasteiger partial charge in [0.25, 0.3) is 0 Å². The lowest BCUT2D eigenvalue weighted by Crippen LogP contribution is -2.29. The van der Waals surface area contributed by atoms with Crippen molar-refractivity contribution in [2.24, 2.45) is 0 Å². The van der Waals surface area contributed by atoms with Crippen molar-refractivity contribution in [3.05, 3.63) is 36.0 Å². The fraction of sp³-hybridized carbons (Fsp3) is 0.333. The minimum atomic E-state index is 0.674. The first-order valence-electron chi connectivity index (χ1n) is 5.72. The maximum absolute atomic E-state index is 6.00. The molecule has 1 aromatic heterocycles. The molecule has 1 aliphatic heterocycles. The summed E-state index contributed by atoms with van der Waals surface area (Å²) in [6.45, 7) is 1.68. The Morgan fingerprint density at radius 2 is 2.35 bits per heavy atom. The number of nitrogen functional groups attached to an aromatic ring is 1. The van der Waals surface area contributed by atoms with Gasteiger partial charge in [-0.2, -0.15) is 4.98 Å². The van der Waals surface area contributed by atoms with Crippen LogP contribution in [0.25, 0.3) is 0 Å². The number of anilines is 2. The molecule has 0 unspecified atom stereocenters. The topological polar surface area (TPSA) is 68.2 Å². The van der Waals surface area contributed by atoms with Crippen LogP contribution >= 0.6 is 0 Å². The average Bonchev–Trinajstić information content (AvgIpc) is 2.83. The molecule has 2 N–H and O–H groups in total. The Hall–Kier alpha value is -2.04. The van der Waals surface area contributed by atoms with E-state index in [1.807, 2.05) is 12.1 Å². The largest absolute Gasteiger partial charge is 0.398 e. The van der Waals surface area contributed by atoms with Gasteiger partial charge >= 0.3 is 0 Å². The van der Waals surface area contributed by atoms with E-state index in [0.717, 1.165) is 25.1 Å². The Morgan fingerprint density at radius 3 is 3.18 bits per heavy atom. The summed E-state index contributed by atoms with van der Waals surface area (Å²) in [5.41, 5.74) is 9.31. The zero-order valence-electron chi connectivity index (χ0n) is 9.47. The summed E-state index contributed by atoms with van der Waals surface area (Å²) in [6, 6.07) is 6.05. The third-order valence-corrected chi connectivity index (χ3v) is 3.12. The van der Waals surface area contributed by atoms with Crippen LogP contribution in [0.5, 0.6) is 0 Å². The maximum atomic E-state index is 6.00. The van der Waals surface area contributed by atoms with Crippen molar-refractivity contribution in [1.82, 2.24) is 10.1 Å². The molecule has 5 nitrogen and oxygen atoms in total. The highest BCUT2D eigenvalue weighted by Crippen LogP contribution is 2.31. The molecule has 17 heavy (non-hydrogen) atoms. The standard InChI is InChI=1S/C12H14N4O/c13-10-4-1-5-11-9(10)3-2-6-16(11)7-12-14-8-17-15-12/h1,4-5,8H,2-3,6-7,13H2. The summed E-state index contributed by atoms with van der Waals surface area (Å²) in [5, 5.41) is 3.85. The first-order valence-corrected chi connectivity index (χ1v) is 5.72. The molecule has 88 valence electrons. The molecular formula is C12H14N4O. The predicted octanol–water partition coefficient (Wildman–Crippen LogP) is 1.60. The summed E-state index contributed by atoms with van der Waals surface area (Å²) in [5.74, 6) is 0.709. The molecule has 0 atom stereocenters. The molecule has 0 aliphatic carbocycles. The van der Waals surface area contributed by atoms with Crippen LogP contribution in [0.1, 0.15) is 17.8 Å². The molecule has 0 fully saturated rings. The van der Waals surface area contributed by atoms with E-state index in [4.69, 9.17) is 10.3 Å². The Labute approximate surface area is 99.2 Å². The van der Waals surface area contributed by atoms with Crippen LogP contribution in [0.15, 0.2) is 29.1 Å². The van der Waals surface area contributed by atoms with Crippen LogP contribution in [0, 0.1) is 0 Å². The van der Waals surface area contributed by atoms with Gasteiger partial charge in [0.05, 0.1) is 6.54 Å². The number of rotatable bonds is 2. The molecule has 2 heterocycles. The Kier molecular flexibility index (Phi) is 2.44. The van der Waals surface area contributed by atoms with Crippen LogP contribution < -0.4 is 10.6 Å². The number of nitrogens with two attached hydrogens (primary N) is 1. The van der Waals surface area contributed by atoms with Crippen molar-refractivity contribution >= 4 is 11.4 Å². The highest BCUT2D eigenvalue weighted by Gasteiger charge is 2.19. The lowest BCUT2D eigenvalue weighted by Gasteiger charge is -2.30. The van der Waals surface area contributed by atoms with Crippen molar-refractivity contribution < 1.29 is 4.52 Å². The highest BCUT2D eigenvalue weighted by molar-refractivity contribution is 5.66. The Bertz CT molecular complexity index is 509. The molecule has 3 rings (SSSR count). The van der Waals surface area contributed by atoms with Gasteiger partial charge in [0.15, 0.2) is 5.82 Å². The van der Waals surface area contributed by atoms with Crippen molar-refractivity contribution in [3.63, 3.8) is 0 Å². The fourth-order valence-corrected chi connectivity index (χ4v) is 2.32. The average molecular weight is 230 g/mol. The van der Waals surface area contributed by atoms with Gasteiger partial charge in [-0.1, -0.05) is 11.2 Å². The SMILES string of the molecule is Nc1cccc2c1CCCN2Cc1ncon1. The summed E-state index contributed by atoms with van der Waals surface area (Å²) >= 11 is 0.